The molecule has 1 N–H and O–H groups in total. The van der Waals surface area contributed by atoms with E-state index in [1.165, 1.54) is 15.9 Å². The molecular weight excluding hydrogens is 348 g/mol. The summed E-state index contributed by atoms with van der Waals surface area (Å²) in [6, 6.07) is 9.71. The Morgan fingerprint density at radius 1 is 1.15 bits per heavy atom. The van der Waals surface area contributed by atoms with Crippen molar-refractivity contribution in [2.45, 2.75) is 32.7 Å². The molecule has 7 heteroatoms. The fourth-order valence-corrected chi connectivity index (χ4v) is 3.99. The van der Waals surface area contributed by atoms with Gasteiger partial charge in [0.25, 0.3) is 5.56 Å². The molecule has 0 amide bonds. The summed E-state index contributed by atoms with van der Waals surface area (Å²) in [5.74, 6) is 0. The SMILES string of the molecule is CCCCCn1c(=O)[nH]c2c(sc3ncc(-c4ccccc4)nc32)c1=O. The van der Waals surface area contributed by atoms with Gasteiger partial charge in [-0.2, -0.15) is 0 Å². The highest BCUT2D eigenvalue weighted by Gasteiger charge is 2.16. The Balaban J connectivity index is 1.89. The van der Waals surface area contributed by atoms with Crippen LogP contribution in [0.3, 0.4) is 0 Å². The Labute approximate surface area is 153 Å². The van der Waals surface area contributed by atoms with E-state index in [0.717, 1.165) is 24.8 Å². The van der Waals surface area contributed by atoms with E-state index >= 15 is 0 Å². The topological polar surface area (TPSA) is 80.6 Å². The second-order valence-corrected chi connectivity index (χ2v) is 7.17. The number of benzene rings is 1. The molecule has 0 aliphatic carbocycles. The monoisotopic (exact) mass is 366 g/mol. The molecule has 0 spiro atoms. The number of nitrogens with zero attached hydrogens (tertiary/aromatic N) is 3. The molecule has 132 valence electrons. The lowest BCUT2D eigenvalue weighted by Crippen LogP contribution is -2.34. The van der Waals surface area contributed by atoms with Gasteiger partial charge in [0.1, 0.15) is 15.0 Å². The molecule has 4 aromatic rings. The molecular formula is C19H18N4O2S. The van der Waals surface area contributed by atoms with Gasteiger partial charge in [-0.25, -0.2) is 14.8 Å². The second-order valence-electron chi connectivity index (χ2n) is 6.18. The van der Waals surface area contributed by atoms with Crippen molar-refractivity contribution < 1.29 is 0 Å². The molecule has 0 saturated carbocycles. The number of unbranched alkanes of at least 4 members (excludes halogenated alkanes) is 2. The van der Waals surface area contributed by atoms with Crippen LogP contribution in [0.5, 0.6) is 0 Å². The highest BCUT2D eigenvalue weighted by atomic mass is 32.1. The van der Waals surface area contributed by atoms with Crippen LogP contribution in [0.2, 0.25) is 0 Å². The molecule has 0 radical (unpaired) electrons. The van der Waals surface area contributed by atoms with Crippen LogP contribution in [-0.4, -0.2) is 19.5 Å². The average molecular weight is 366 g/mol. The van der Waals surface area contributed by atoms with Gasteiger partial charge in [-0.3, -0.25) is 9.36 Å². The minimum atomic E-state index is -0.384. The molecule has 1 aromatic carbocycles. The van der Waals surface area contributed by atoms with Crippen LogP contribution in [0.4, 0.5) is 0 Å². The number of hydrogen-bond donors (Lipinski definition) is 1. The summed E-state index contributed by atoms with van der Waals surface area (Å²) in [6.07, 6.45) is 4.53. The van der Waals surface area contributed by atoms with Crippen LogP contribution in [0.25, 0.3) is 31.8 Å². The van der Waals surface area contributed by atoms with E-state index in [0.29, 0.717) is 32.8 Å². The van der Waals surface area contributed by atoms with Gasteiger partial charge >= 0.3 is 5.69 Å². The fraction of sp³-hybridized carbons (Fsp3) is 0.263. The first-order chi connectivity index (χ1) is 12.7. The van der Waals surface area contributed by atoms with Gasteiger partial charge in [-0.15, -0.1) is 11.3 Å². The largest absolute Gasteiger partial charge is 0.328 e. The first-order valence-electron chi connectivity index (χ1n) is 8.67. The molecule has 0 fully saturated rings. The van der Waals surface area contributed by atoms with Gasteiger partial charge in [0.05, 0.1) is 17.4 Å². The van der Waals surface area contributed by atoms with Gasteiger partial charge in [-0.1, -0.05) is 50.1 Å². The number of thiophene rings is 1. The number of hydrogen-bond acceptors (Lipinski definition) is 5. The summed E-state index contributed by atoms with van der Waals surface area (Å²) >= 11 is 1.28. The van der Waals surface area contributed by atoms with Crippen molar-refractivity contribution in [3.63, 3.8) is 0 Å². The first kappa shape index (κ1) is 16.7. The molecule has 0 bridgehead atoms. The predicted octanol–water partition coefficient (Wildman–Crippen LogP) is 3.55. The van der Waals surface area contributed by atoms with Crippen molar-refractivity contribution in [2.24, 2.45) is 0 Å². The molecule has 0 atom stereocenters. The molecule has 3 aromatic heterocycles. The van der Waals surface area contributed by atoms with Gasteiger partial charge in [0, 0.05) is 12.1 Å². The third-order valence-electron chi connectivity index (χ3n) is 4.37. The summed E-state index contributed by atoms with van der Waals surface area (Å²) in [7, 11) is 0. The number of nitrogens with one attached hydrogen (secondary N) is 1. The fourth-order valence-electron chi connectivity index (χ4n) is 3.00. The van der Waals surface area contributed by atoms with E-state index in [4.69, 9.17) is 0 Å². The van der Waals surface area contributed by atoms with Crippen LogP contribution < -0.4 is 11.2 Å². The van der Waals surface area contributed by atoms with Crippen molar-refractivity contribution in [1.29, 1.82) is 0 Å². The summed E-state index contributed by atoms with van der Waals surface area (Å²) in [6.45, 7) is 2.52. The lowest BCUT2D eigenvalue weighted by Gasteiger charge is -2.03. The Morgan fingerprint density at radius 2 is 1.96 bits per heavy atom. The smallest absolute Gasteiger partial charge is 0.304 e. The van der Waals surface area contributed by atoms with Crippen LogP contribution in [0, 0.1) is 0 Å². The van der Waals surface area contributed by atoms with E-state index in [1.807, 2.05) is 30.3 Å². The van der Waals surface area contributed by atoms with Crippen molar-refractivity contribution in [3.8, 4) is 11.3 Å². The van der Waals surface area contributed by atoms with Crippen LogP contribution in [0.15, 0.2) is 46.1 Å². The first-order valence-corrected chi connectivity index (χ1v) is 9.48. The van der Waals surface area contributed by atoms with Gasteiger partial charge in [0.15, 0.2) is 0 Å². The third-order valence-corrected chi connectivity index (χ3v) is 5.45. The Morgan fingerprint density at radius 3 is 2.73 bits per heavy atom. The number of aromatic amines is 1. The average Bonchev–Trinajstić information content (AvgIpc) is 3.03. The number of fused-ring (bicyclic) bond motifs is 3. The molecule has 0 aliphatic rings. The highest BCUT2D eigenvalue weighted by Crippen LogP contribution is 2.28. The lowest BCUT2D eigenvalue weighted by atomic mass is 10.2. The third kappa shape index (κ3) is 2.84. The van der Waals surface area contributed by atoms with Gasteiger partial charge in [0.2, 0.25) is 0 Å². The van der Waals surface area contributed by atoms with Crippen LogP contribution in [-0.2, 0) is 6.54 Å². The Hall–Kier alpha value is -2.80. The lowest BCUT2D eigenvalue weighted by molar-refractivity contribution is 0.569. The van der Waals surface area contributed by atoms with E-state index in [-0.39, 0.29) is 11.2 Å². The highest BCUT2D eigenvalue weighted by molar-refractivity contribution is 7.25. The molecule has 0 aliphatic heterocycles. The zero-order chi connectivity index (χ0) is 18.1. The minimum absolute atomic E-state index is 0.258. The summed E-state index contributed by atoms with van der Waals surface area (Å²) in [4.78, 5) is 37.8. The standard InChI is InChI=1S/C19H18N4O2S/c1-2-3-7-10-23-18(24)16-14(22-19(23)25)15-17(26-16)20-11-13(21-15)12-8-5-4-6-9-12/h4-6,8-9,11H,2-3,7,10H2,1H3,(H,22,25). The number of H-pyrrole nitrogens is 1. The quantitative estimate of drug-likeness (QED) is 0.548. The molecule has 0 unspecified atom stereocenters. The molecule has 3 heterocycles. The zero-order valence-electron chi connectivity index (χ0n) is 14.4. The predicted molar refractivity (Wildman–Crippen MR) is 105 cm³/mol. The summed E-state index contributed by atoms with van der Waals surface area (Å²) in [5.41, 5.74) is 2.07. The normalized spacial score (nSPS) is 11.4. The van der Waals surface area contributed by atoms with Crippen molar-refractivity contribution in [2.75, 3.05) is 0 Å². The minimum Gasteiger partial charge on any atom is -0.304 e. The van der Waals surface area contributed by atoms with Gasteiger partial charge < -0.3 is 4.98 Å². The molecule has 6 nitrogen and oxygen atoms in total. The Bertz CT molecular complexity index is 1190. The molecule has 0 saturated heterocycles. The molecule has 26 heavy (non-hydrogen) atoms. The van der Waals surface area contributed by atoms with E-state index < -0.39 is 0 Å². The van der Waals surface area contributed by atoms with E-state index in [2.05, 4.69) is 21.9 Å². The Kier molecular flexibility index (Phi) is 4.38. The van der Waals surface area contributed by atoms with Gasteiger partial charge in [-0.05, 0) is 6.42 Å². The van der Waals surface area contributed by atoms with Crippen LogP contribution >= 0.6 is 11.3 Å². The maximum atomic E-state index is 12.8. The zero-order valence-corrected chi connectivity index (χ0v) is 15.2. The summed E-state index contributed by atoms with van der Waals surface area (Å²) < 4.78 is 1.78. The maximum Gasteiger partial charge on any atom is 0.328 e. The maximum absolute atomic E-state index is 12.8. The second kappa shape index (κ2) is 6.84. The summed E-state index contributed by atoms with van der Waals surface area (Å²) in [5, 5.41) is 0. The molecule has 4 rings (SSSR count). The van der Waals surface area contributed by atoms with Crippen molar-refractivity contribution in [3.05, 3.63) is 57.4 Å². The van der Waals surface area contributed by atoms with E-state index in [9.17, 15) is 9.59 Å². The number of rotatable bonds is 5. The van der Waals surface area contributed by atoms with Crippen molar-refractivity contribution >= 4 is 31.9 Å². The van der Waals surface area contributed by atoms with Crippen LogP contribution in [0.1, 0.15) is 26.2 Å². The van der Waals surface area contributed by atoms with Crippen molar-refractivity contribution in [1.82, 2.24) is 19.5 Å². The van der Waals surface area contributed by atoms with E-state index in [1.54, 1.807) is 6.20 Å². The number of aromatic nitrogens is 4.